The van der Waals surface area contributed by atoms with E-state index >= 15 is 0 Å². The molecule has 0 aliphatic carbocycles. The number of fused-ring (bicyclic) bond motifs is 1. The molecule has 2 aliphatic heterocycles. The Kier molecular flexibility index (Phi) is 6.45. The molecule has 7 nitrogen and oxygen atoms in total. The summed E-state index contributed by atoms with van der Waals surface area (Å²) >= 11 is 7.42. The minimum absolute atomic E-state index is 0.0263. The molecule has 2 unspecified atom stereocenters. The van der Waals surface area contributed by atoms with Crippen LogP contribution in [-0.2, 0) is 14.6 Å². The smallest absolute Gasteiger partial charge is 0.244 e. The van der Waals surface area contributed by atoms with E-state index < -0.39 is 9.84 Å². The molecule has 0 saturated carbocycles. The average molecular weight is 480 g/mol. The van der Waals surface area contributed by atoms with E-state index in [4.69, 9.17) is 16.3 Å². The van der Waals surface area contributed by atoms with Crippen molar-refractivity contribution in [3.63, 3.8) is 0 Å². The number of rotatable bonds is 6. The van der Waals surface area contributed by atoms with E-state index in [0.717, 1.165) is 11.4 Å². The Labute approximate surface area is 190 Å². The van der Waals surface area contributed by atoms with Crippen LogP contribution in [0.5, 0.6) is 5.75 Å². The van der Waals surface area contributed by atoms with Crippen LogP contribution in [0.15, 0.2) is 53.5 Å². The summed E-state index contributed by atoms with van der Waals surface area (Å²) in [4.78, 5) is 19.3. The van der Waals surface area contributed by atoms with Crippen molar-refractivity contribution in [2.45, 2.75) is 18.2 Å². The van der Waals surface area contributed by atoms with E-state index in [1.54, 1.807) is 24.3 Å². The zero-order valence-electron chi connectivity index (χ0n) is 16.8. The fourth-order valence-corrected chi connectivity index (χ4v) is 7.51. The molecule has 0 radical (unpaired) electrons. The molecule has 1 fully saturated rings. The highest BCUT2D eigenvalue weighted by atomic mass is 35.5. The van der Waals surface area contributed by atoms with Gasteiger partial charge in [0.05, 0.1) is 24.2 Å². The molecule has 0 spiro atoms. The van der Waals surface area contributed by atoms with Gasteiger partial charge in [-0.2, -0.15) is 0 Å². The molecule has 164 valence electrons. The maximum atomic E-state index is 12.8. The number of anilines is 2. The van der Waals surface area contributed by atoms with Crippen molar-refractivity contribution in [3.8, 4) is 5.75 Å². The minimum atomic E-state index is -3.05. The van der Waals surface area contributed by atoms with E-state index in [0.29, 0.717) is 22.5 Å². The normalized spacial score (nSPS) is 21.3. The highest BCUT2D eigenvalue weighted by molar-refractivity contribution is 8.15. The molecule has 31 heavy (non-hydrogen) atoms. The number of hydrogen-bond acceptors (Lipinski definition) is 7. The number of aliphatic imine (C=N–C) groups is 1. The number of benzene rings is 2. The number of amides is 1. The van der Waals surface area contributed by atoms with Gasteiger partial charge in [0, 0.05) is 21.6 Å². The summed E-state index contributed by atoms with van der Waals surface area (Å²) < 4.78 is 29.3. The Hall–Kier alpha value is -2.23. The standard InChI is InChI=1S/C21H22ClN3O4S2/c1-2-29-17-8-6-16(7-9-17)25(11-20(26)23-15-5-3-4-14(22)10-15)21-24-18-12-31(27,28)13-19(18)30-21/h3-10,18-19H,2,11-13H2,1H3,(H,23,26). The first kappa shape index (κ1) is 22.0. The van der Waals surface area contributed by atoms with Crippen molar-refractivity contribution in [2.75, 3.05) is 34.9 Å². The van der Waals surface area contributed by atoms with Crippen molar-refractivity contribution in [1.29, 1.82) is 0 Å². The Balaban J connectivity index is 1.56. The van der Waals surface area contributed by atoms with Crippen LogP contribution in [0.4, 0.5) is 11.4 Å². The number of ether oxygens (including phenoxy) is 1. The summed E-state index contributed by atoms with van der Waals surface area (Å²) in [6.45, 7) is 2.50. The molecule has 2 aliphatic rings. The van der Waals surface area contributed by atoms with Crippen molar-refractivity contribution in [3.05, 3.63) is 53.6 Å². The van der Waals surface area contributed by atoms with Gasteiger partial charge in [-0.25, -0.2) is 8.42 Å². The topological polar surface area (TPSA) is 88.1 Å². The Morgan fingerprint density at radius 2 is 2.03 bits per heavy atom. The van der Waals surface area contributed by atoms with Crippen LogP contribution in [0.3, 0.4) is 0 Å². The van der Waals surface area contributed by atoms with Crippen molar-refractivity contribution < 1.29 is 17.9 Å². The number of thioether (sulfide) groups is 1. The van der Waals surface area contributed by atoms with Gasteiger partial charge in [-0.1, -0.05) is 29.4 Å². The first-order valence-electron chi connectivity index (χ1n) is 9.83. The van der Waals surface area contributed by atoms with Crippen LogP contribution in [0, 0.1) is 0 Å². The van der Waals surface area contributed by atoms with E-state index in [-0.39, 0.29) is 35.2 Å². The maximum Gasteiger partial charge on any atom is 0.244 e. The number of nitrogens with one attached hydrogen (secondary N) is 1. The predicted molar refractivity (Wildman–Crippen MR) is 126 cm³/mol. The lowest BCUT2D eigenvalue weighted by Gasteiger charge is -2.24. The van der Waals surface area contributed by atoms with Gasteiger partial charge in [0.25, 0.3) is 0 Å². The molecule has 10 heteroatoms. The highest BCUT2D eigenvalue weighted by Crippen LogP contribution is 2.37. The lowest BCUT2D eigenvalue weighted by atomic mass is 10.2. The van der Waals surface area contributed by atoms with Gasteiger partial charge >= 0.3 is 0 Å². The van der Waals surface area contributed by atoms with Gasteiger partial charge in [-0.15, -0.1) is 0 Å². The SMILES string of the molecule is CCOc1ccc(N(CC(=O)Nc2cccc(Cl)c2)C2=NC3CS(=O)(=O)CC3S2)cc1. The molecular formula is C21H22ClN3O4S2. The van der Waals surface area contributed by atoms with Gasteiger partial charge in [0.2, 0.25) is 5.91 Å². The quantitative estimate of drug-likeness (QED) is 0.682. The third-order valence-electron chi connectivity index (χ3n) is 4.91. The number of carbonyl (C=O) groups excluding carboxylic acids is 1. The number of nitrogens with zero attached hydrogens (tertiary/aromatic N) is 2. The predicted octanol–water partition coefficient (Wildman–Crippen LogP) is 3.45. The van der Waals surface area contributed by atoms with Crippen LogP contribution in [0.2, 0.25) is 5.02 Å². The average Bonchev–Trinajstić information content (AvgIpc) is 3.20. The molecule has 2 aromatic carbocycles. The summed E-state index contributed by atoms with van der Waals surface area (Å²) in [5, 5.41) is 3.92. The monoisotopic (exact) mass is 479 g/mol. The molecule has 2 heterocycles. The van der Waals surface area contributed by atoms with Gasteiger partial charge in [0.1, 0.15) is 12.3 Å². The molecule has 1 saturated heterocycles. The second-order valence-electron chi connectivity index (χ2n) is 7.28. The highest BCUT2D eigenvalue weighted by Gasteiger charge is 2.44. The molecule has 2 atom stereocenters. The zero-order valence-corrected chi connectivity index (χ0v) is 19.2. The van der Waals surface area contributed by atoms with Crippen LogP contribution in [0.25, 0.3) is 0 Å². The molecular weight excluding hydrogens is 458 g/mol. The van der Waals surface area contributed by atoms with Crippen LogP contribution >= 0.6 is 23.4 Å². The first-order valence-corrected chi connectivity index (χ1v) is 12.9. The number of carbonyl (C=O) groups is 1. The summed E-state index contributed by atoms with van der Waals surface area (Å²) in [5.74, 6) is 0.670. The zero-order chi connectivity index (χ0) is 22.0. The molecule has 4 rings (SSSR count). The fraction of sp³-hybridized carbons (Fsp3) is 0.333. The minimum Gasteiger partial charge on any atom is -0.494 e. The Morgan fingerprint density at radius 3 is 2.71 bits per heavy atom. The lowest BCUT2D eigenvalue weighted by molar-refractivity contribution is -0.114. The molecule has 1 N–H and O–H groups in total. The van der Waals surface area contributed by atoms with Crippen LogP contribution in [-0.4, -0.2) is 55.4 Å². The van der Waals surface area contributed by atoms with Gasteiger partial charge in [-0.3, -0.25) is 9.79 Å². The molecule has 0 aromatic heterocycles. The van der Waals surface area contributed by atoms with Crippen molar-refractivity contribution in [1.82, 2.24) is 0 Å². The summed E-state index contributed by atoms with van der Waals surface area (Å²) in [6, 6.07) is 14.1. The van der Waals surface area contributed by atoms with Gasteiger partial charge < -0.3 is 15.0 Å². The van der Waals surface area contributed by atoms with Crippen molar-refractivity contribution >= 4 is 55.6 Å². The third-order valence-corrected chi connectivity index (χ3v) is 8.39. The Bertz CT molecular complexity index is 1110. The molecule has 0 bridgehead atoms. The first-order chi connectivity index (χ1) is 14.8. The fourth-order valence-electron chi connectivity index (χ4n) is 3.54. The second kappa shape index (κ2) is 9.10. The van der Waals surface area contributed by atoms with Crippen LogP contribution < -0.4 is 15.0 Å². The lowest BCUT2D eigenvalue weighted by Crippen LogP contribution is -2.36. The van der Waals surface area contributed by atoms with E-state index in [1.165, 1.54) is 11.8 Å². The number of halogens is 1. The van der Waals surface area contributed by atoms with Crippen LogP contribution in [0.1, 0.15) is 6.92 Å². The third kappa shape index (κ3) is 5.34. The summed E-state index contributed by atoms with van der Waals surface area (Å²) in [5.41, 5.74) is 1.38. The maximum absolute atomic E-state index is 12.8. The summed E-state index contributed by atoms with van der Waals surface area (Å²) in [7, 11) is -3.05. The van der Waals surface area contributed by atoms with Gasteiger partial charge in [0.15, 0.2) is 15.0 Å². The summed E-state index contributed by atoms with van der Waals surface area (Å²) in [6.07, 6.45) is 0. The molecule has 1 amide bonds. The molecule has 2 aromatic rings. The number of hydrogen-bond donors (Lipinski definition) is 1. The largest absolute Gasteiger partial charge is 0.494 e. The van der Waals surface area contributed by atoms with Gasteiger partial charge in [-0.05, 0) is 49.4 Å². The van der Waals surface area contributed by atoms with E-state index in [2.05, 4.69) is 10.3 Å². The van der Waals surface area contributed by atoms with E-state index in [1.807, 2.05) is 36.1 Å². The van der Waals surface area contributed by atoms with E-state index in [9.17, 15) is 13.2 Å². The number of amidine groups is 1. The van der Waals surface area contributed by atoms with Crippen molar-refractivity contribution in [2.24, 2.45) is 4.99 Å². The Morgan fingerprint density at radius 1 is 1.26 bits per heavy atom. The second-order valence-corrected chi connectivity index (χ2v) is 11.1. The number of sulfone groups is 1.